The summed E-state index contributed by atoms with van der Waals surface area (Å²) in [6, 6.07) is 14.9. The molecule has 1 aliphatic rings. The molecule has 3 heterocycles. The highest BCUT2D eigenvalue weighted by atomic mass is 35.5. The first-order valence-electron chi connectivity index (χ1n) is 12.4. The number of amides is 1. The van der Waals surface area contributed by atoms with Crippen molar-refractivity contribution in [2.75, 3.05) is 19.7 Å². The summed E-state index contributed by atoms with van der Waals surface area (Å²) >= 11 is 15.9. The topological polar surface area (TPSA) is 90.2 Å². The number of para-hydroxylation sites is 1. The number of halogens is 2. The van der Waals surface area contributed by atoms with Crippen molar-refractivity contribution in [3.05, 3.63) is 74.7 Å². The molecule has 2 aromatic heterocycles. The second-order valence-electron chi connectivity index (χ2n) is 8.83. The molecule has 0 aliphatic carbocycles. The summed E-state index contributed by atoms with van der Waals surface area (Å²) in [5.74, 6) is 0.349. The summed E-state index contributed by atoms with van der Waals surface area (Å²) in [4.78, 5) is 31.6. The Hall–Kier alpha value is -2.92. The summed E-state index contributed by atoms with van der Waals surface area (Å²) < 4.78 is 7.04. The monoisotopic (exact) mass is 601 g/mol. The zero-order valence-corrected chi connectivity index (χ0v) is 24.2. The van der Waals surface area contributed by atoms with Gasteiger partial charge in [0.25, 0.3) is 5.91 Å². The minimum absolute atomic E-state index is 0.170. The highest BCUT2D eigenvalue weighted by Gasteiger charge is 2.30. The Morgan fingerprint density at radius 2 is 1.87 bits per heavy atom. The number of thiazole rings is 1. The van der Waals surface area contributed by atoms with E-state index < -0.39 is 0 Å². The van der Waals surface area contributed by atoms with Crippen LogP contribution in [0.1, 0.15) is 35.3 Å². The molecule has 1 fully saturated rings. The van der Waals surface area contributed by atoms with Crippen LogP contribution in [-0.4, -0.2) is 56.2 Å². The quantitative estimate of drug-likeness (QED) is 0.170. The number of carbonyl (C=O) groups is 2. The molecule has 1 unspecified atom stereocenters. The summed E-state index contributed by atoms with van der Waals surface area (Å²) in [5, 5.41) is 13.1. The van der Waals surface area contributed by atoms with Crippen molar-refractivity contribution in [3.8, 4) is 17.1 Å². The summed E-state index contributed by atoms with van der Waals surface area (Å²) in [6.07, 6.45) is 1.48. The number of thioether (sulfide) groups is 1. The zero-order valence-electron chi connectivity index (χ0n) is 21.0. The van der Waals surface area contributed by atoms with Crippen molar-refractivity contribution in [2.45, 2.75) is 30.7 Å². The van der Waals surface area contributed by atoms with Crippen LogP contribution in [0.2, 0.25) is 10.0 Å². The first kappa shape index (κ1) is 27.6. The van der Waals surface area contributed by atoms with E-state index in [9.17, 15) is 9.59 Å². The average molecular weight is 603 g/mol. The Labute approximate surface area is 244 Å². The molecular formula is C27H25Cl2N5O3S2. The van der Waals surface area contributed by atoms with Crippen molar-refractivity contribution >= 4 is 58.2 Å². The fourth-order valence-corrected chi connectivity index (χ4v) is 6.58. The van der Waals surface area contributed by atoms with E-state index >= 15 is 0 Å². The van der Waals surface area contributed by atoms with Crippen molar-refractivity contribution in [1.29, 1.82) is 0 Å². The highest BCUT2D eigenvalue weighted by Crippen LogP contribution is 2.35. The Morgan fingerprint density at radius 1 is 1.10 bits per heavy atom. The lowest BCUT2D eigenvalue weighted by Gasteiger charge is -2.31. The Kier molecular flexibility index (Phi) is 8.86. The number of carbonyl (C=O) groups excluding carboxylic acids is 2. The molecule has 202 valence electrons. The van der Waals surface area contributed by atoms with Gasteiger partial charge in [0.05, 0.1) is 34.0 Å². The molecule has 0 radical (unpaired) electrons. The van der Waals surface area contributed by atoms with Crippen LogP contribution >= 0.6 is 46.3 Å². The predicted molar refractivity (Wildman–Crippen MR) is 154 cm³/mol. The van der Waals surface area contributed by atoms with Gasteiger partial charge in [-0.1, -0.05) is 59.2 Å². The lowest BCUT2D eigenvalue weighted by atomic mass is 9.98. The molecule has 1 atom stereocenters. The van der Waals surface area contributed by atoms with Gasteiger partial charge in [0.2, 0.25) is 0 Å². The molecule has 1 amide bonds. The third-order valence-corrected chi connectivity index (χ3v) is 8.89. The van der Waals surface area contributed by atoms with Crippen molar-refractivity contribution < 1.29 is 14.3 Å². The van der Waals surface area contributed by atoms with Crippen LogP contribution in [0.5, 0.6) is 0 Å². The fraction of sp³-hybridized carbons (Fsp3) is 0.296. The van der Waals surface area contributed by atoms with Crippen LogP contribution in [0.25, 0.3) is 17.1 Å². The molecule has 39 heavy (non-hydrogen) atoms. The third kappa shape index (κ3) is 6.14. The molecular weight excluding hydrogens is 577 g/mol. The molecule has 0 N–H and O–H groups in total. The number of benzene rings is 2. The van der Waals surface area contributed by atoms with Crippen molar-refractivity contribution in [2.24, 2.45) is 5.92 Å². The standard InChI is InChI=1S/C27H25Cl2N5O3S2/c1-2-37-26(36)17-8-7-13-33(14-17)25(35)21-15-38-23(30-21)16-39-27-32-31-24(18-9-3-4-10-19(18)28)34(27)22-12-6-5-11-20(22)29/h3-6,9-12,15,17H,2,7-8,13-14,16H2,1H3. The van der Waals surface area contributed by atoms with Gasteiger partial charge >= 0.3 is 5.97 Å². The first-order valence-corrected chi connectivity index (χ1v) is 15.1. The van der Waals surface area contributed by atoms with Gasteiger partial charge in [0, 0.05) is 24.0 Å². The SMILES string of the molecule is CCOC(=O)C1CCCN(C(=O)c2csc(CSc3nnc(-c4ccccc4Cl)n3-c3ccccc3Cl)n2)C1. The van der Waals surface area contributed by atoms with E-state index in [4.69, 9.17) is 27.9 Å². The van der Waals surface area contributed by atoms with Crippen molar-refractivity contribution in [1.82, 2.24) is 24.6 Å². The molecule has 0 spiro atoms. The van der Waals surface area contributed by atoms with Gasteiger partial charge in [-0.2, -0.15) is 0 Å². The number of esters is 1. The minimum Gasteiger partial charge on any atom is -0.466 e. The van der Waals surface area contributed by atoms with E-state index in [1.54, 1.807) is 23.3 Å². The molecule has 0 saturated carbocycles. The number of piperidine rings is 1. The lowest BCUT2D eigenvalue weighted by molar-refractivity contribution is -0.149. The maximum atomic E-state index is 13.1. The maximum absolute atomic E-state index is 13.1. The van der Waals surface area contributed by atoms with Gasteiger partial charge in [-0.3, -0.25) is 14.2 Å². The molecule has 1 saturated heterocycles. The van der Waals surface area contributed by atoms with Gasteiger partial charge in [-0.15, -0.1) is 21.5 Å². The molecule has 2 aromatic carbocycles. The van der Waals surface area contributed by atoms with Crippen LogP contribution in [0.3, 0.4) is 0 Å². The van der Waals surface area contributed by atoms with Crippen molar-refractivity contribution in [3.63, 3.8) is 0 Å². The van der Waals surface area contributed by atoms with Crippen LogP contribution in [0, 0.1) is 5.92 Å². The van der Waals surface area contributed by atoms with Gasteiger partial charge in [-0.05, 0) is 44.0 Å². The molecule has 12 heteroatoms. The van der Waals surface area contributed by atoms with E-state index in [1.165, 1.54) is 23.1 Å². The maximum Gasteiger partial charge on any atom is 0.310 e. The zero-order chi connectivity index (χ0) is 27.4. The summed E-state index contributed by atoms with van der Waals surface area (Å²) in [7, 11) is 0. The summed E-state index contributed by atoms with van der Waals surface area (Å²) in [5.41, 5.74) is 1.85. The van der Waals surface area contributed by atoms with Crippen LogP contribution < -0.4 is 0 Å². The number of aromatic nitrogens is 4. The van der Waals surface area contributed by atoms with E-state index in [0.29, 0.717) is 52.2 Å². The number of hydrogen-bond acceptors (Lipinski definition) is 8. The minimum atomic E-state index is -0.292. The van der Waals surface area contributed by atoms with Gasteiger partial charge < -0.3 is 9.64 Å². The largest absolute Gasteiger partial charge is 0.466 e. The number of nitrogens with zero attached hydrogens (tertiary/aromatic N) is 5. The van der Waals surface area contributed by atoms with E-state index in [0.717, 1.165) is 29.1 Å². The highest BCUT2D eigenvalue weighted by molar-refractivity contribution is 7.98. The first-order chi connectivity index (χ1) is 19.0. The smallest absolute Gasteiger partial charge is 0.310 e. The predicted octanol–water partition coefficient (Wildman–Crippen LogP) is 6.41. The van der Waals surface area contributed by atoms with E-state index in [-0.39, 0.29) is 17.8 Å². The second-order valence-corrected chi connectivity index (χ2v) is 11.5. The average Bonchev–Trinajstić information content (AvgIpc) is 3.60. The lowest BCUT2D eigenvalue weighted by Crippen LogP contribution is -2.43. The van der Waals surface area contributed by atoms with Crippen LogP contribution in [0.15, 0.2) is 59.1 Å². The number of hydrogen-bond donors (Lipinski definition) is 0. The molecule has 0 bridgehead atoms. The molecule has 8 nitrogen and oxygen atoms in total. The van der Waals surface area contributed by atoms with E-state index in [2.05, 4.69) is 15.2 Å². The third-order valence-electron chi connectivity index (χ3n) is 6.27. The summed E-state index contributed by atoms with van der Waals surface area (Å²) in [6.45, 7) is 3.07. The van der Waals surface area contributed by atoms with Gasteiger partial charge in [0.1, 0.15) is 10.7 Å². The Balaban J connectivity index is 1.34. The van der Waals surface area contributed by atoms with Crippen LogP contribution in [0.4, 0.5) is 0 Å². The Morgan fingerprint density at radius 3 is 2.64 bits per heavy atom. The number of ether oxygens (including phenoxy) is 1. The molecule has 5 rings (SSSR count). The Bertz CT molecular complexity index is 1490. The molecule has 4 aromatic rings. The number of likely N-dealkylation sites (tertiary alicyclic amines) is 1. The number of rotatable bonds is 8. The second kappa shape index (κ2) is 12.5. The van der Waals surface area contributed by atoms with Gasteiger partial charge in [-0.25, -0.2) is 4.98 Å². The van der Waals surface area contributed by atoms with Crippen LogP contribution in [-0.2, 0) is 15.3 Å². The normalized spacial score (nSPS) is 15.4. The molecule has 1 aliphatic heterocycles. The van der Waals surface area contributed by atoms with E-state index in [1.807, 2.05) is 47.0 Å². The van der Waals surface area contributed by atoms with Gasteiger partial charge in [0.15, 0.2) is 11.0 Å². The fourth-order valence-electron chi connectivity index (χ4n) is 4.41.